The van der Waals surface area contributed by atoms with Crippen LogP contribution in [0.5, 0.6) is 29.0 Å². The SMILES string of the molecule is CCCCCCCCCCCCCCC(OCC)C(OCC)(OCC)[n+]1c(OCC)c(OCC)c(OCC)c(OCC)c1OCC. The molecule has 0 amide bonds. The van der Waals surface area contributed by atoms with Gasteiger partial charge in [0.1, 0.15) is 0 Å². The molecule has 0 aliphatic rings. The van der Waals surface area contributed by atoms with E-state index in [0.717, 1.165) is 19.3 Å². The Labute approximate surface area is 281 Å². The van der Waals surface area contributed by atoms with Crippen molar-refractivity contribution in [1.29, 1.82) is 0 Å². The van der Waals surface area contributed by atoms with Crippen molar-refractivity contribution in [2.45, 2.75) is 158 Å². The molecule has 0 radical (unpaired) electrons. The van der Waals surface area contributed by atoms with Crippen molar-refractivity contribution in [1.82, 2.24) is 0 Å². The lowest BCUT2D eigenvalue weighted by Crippen LogP contribution is -2.67. The molecule has 0 aliphatic carbocycles. The van der Waals surface area contributed by atoms with Gasteiger partial charge in [-0.25, -0.2) is 0 Å². The quantitative estimate of drug-likeness (QED) is 0.0445. The molecule has 9 nitrogen and oxygen atoms in total. The van der Waals surface area contributed by atoms with Gasteiger partial charge in [-0.2, -0.15) is 0 Å². The van der Waals surface area contributed by atoms with E-state index in [4.69, 9.17) is 37.9 Å². The van der Waals surface area contributed by atoms with Gasteiger partial charge < -0.3 is 28.4 Å². The summed E-state index contributed by atoms with van der Waals surface area (Å²) < 4.78 is 53.1. The molecule has 0 saturated heterocycles. The Balaban J connectivity index is 3.53. The Hall–Kier alpha value is -1.97. The molecule has 0 N–H and O–H groups in total. The predicted octanol–water partition coefficient (Wildman–Crippen LogP) is 9.15. The Morgan fingerprint density at radius 2 is 0.826 bits per heavy atom. The van der Waals surface area contributed by atoms with Gasteiger partial charge in [-0.15, -0.1) is 0 Å². The third-order valence-corrected chi connectivity index (χ3v) is 7.74. The number of ether oxygens (including phenoxy) is 8. The maximum atomic E-state index is 6.67. The Morgan fingerprint density at radius 3 is 1.20 bits per heavy atom. The third-order valence-electron chi connectivity index (χ3n) is 7.74. The van der Waals surface area contributed by atoms with Crippen LogP contribution in [0.15, 0.2) is 0 Å². The lowest BCUT2D eigenvalue weighted by atomic mass is 10.0. The molecule has 0 saturated carbocycles. The molecule has 0 fully saturated rings. The first kappa shape index (κ1) is 42.1. The van der Waals surface area contributed by atoms with E-state index in [2.05, 4.69) is 6.92 Å². The van der Waals surface area contributed by atoms with Crippen LogP contribution in [0, 0.1) is 0 Å². The standard InChI is InChI=1S/C37H70NO8/c1-10-19-20-21-22-23-24-25-26-27-28-29-30-31(39-11-2)37(45-17-8,46-18-9)38-35(43-15-6)33(41-13-4)32(40-12-3)34(42-14-5)36(38)44-16-7/h31H,10-30H2,1-9H3/q+1. The van der Waals surface area contributed by atoms with Crippen LogP contribution in [-0.4, -0.2) is 59.0 Å². The van der Waals surface area contributed by atoms with Crippen LogP contribution in [0.3, 0.4) is 0 Å². The highest BCUT2D eigenvalue weighted by molar-refractivity contribution is 5.58. The fourth-order valence-corrected chi connectivity index (χ4v) is 5.89. The predicted molar refractivity (Wildman–Crippen MR) is 185 cm³/mol. The number of unbranched alkanes of at least 4 members (excludes halogenated alkanes) is 11. The summed E-state index contributed by atoms with van der Waals surface area (Å²) in [7, 11) is 0. The summed E-state index contributed by atoms with van der Waals surface area (Å²) in [5.74, 6) is 0.631. The minimum atomic E-state index is -1.42. The minimum Gasteiger partial charge on any atom is -0.486 e. The summed E-state index contributed by atoms with van der Waals surface area (Å²) in [5, 5.41) is 0. The number of pyridine rings is 1. The molecule has 46 heavy (non-hydrogen) atoms. The van der Waals surface area contributed by atoms with Gasteiger partial charge in [0.25, 0.3) is 11.5 Å². The summed E-state index contributed by atoms with van der Waals surface area (Å²) in [6, 6.07) is 0. The van der Waals surface area contributed by atoms with E-state index in [-0.39, 0.29) is 0 Å². The molecule has 1 aromatic rings. The van der Waals surface area contributed by atoms with Crippen LogP contribution in [-0.2, 0) is 20.1 Å². The highest BCUT2D eigenvalue weighted by Crippen LogP contribution is 2.49. The zero-order valence-electron chi connectivity index (χ0n) is 31.1. The van der Waals surface area contributed by atoms with E-state index >= 15 is 0 Å². The minimum absolute atomic E-state index is 0.368. The summed E-state index contributed by atoms with van der Waals surface area (Å²) in [6.07, 6.45) is 15.7. The molecule has 0 spiro atoms. The first-order chi connectivity index (χ1) is 22.5. The zero-order chi connectivity index (χ0) is 34.0. The van der Waals surface area contributed by atoms with Gasteiger partial charge in [-0.3, -0.25) is 9.47 Å². The van der Waals surface area contributed by atoms with Gasteiger partial charge in [-0.1, -0.05) is 88.5 Å². The molecule has 0 aromatic carbocycles. The van der Waals surface area contributed by atoms with Crippen molar-refractivity contribution in [3.05, 3.63) is 0 Å². The molecule has 270 valence electrons. The van der Waals surface area contributed by atoms with Gasteiger partial charge in [0.15, 0.2) is 6.10 Å². The van der Waals surface area contributed by atoms with E-state index in [1.807, 2.05) is 60.0 Å². The molecule has 1 aromatic heterocycles. The Kier molecular flexibility index (Phi) is 23.8. The van der Waals surface area contributed by atoms with Gasteiger partial charge >= 0.3 is 17.7 Å². The van der Waals surface area contributed by atoms with Crippen molar-refractivity contribution in [3.8, 4) is 29.0 Å². The molecular weight excluding hydrogens is 586 g/mol. The summed E-state index contributed by atoms with van der Waals surface area (Å²) in [4.78, 5) is 0. The van der Waals surface area contributed by atoms with Gasteiger partial charge in [-0.05, 0) is 61.8 Å². The van der Waals surface area contributed by atoms with Crippen molar-refractivity contribution < 1.29 is 42.5 Å². The monoisotopic (exact) mass is 657 g/mol. The second-order valence-corrected chi connectivity index (χ2v) is 11.2. The topological polar surface area (TPSA) is 77.7 Å². The normalized spacial score (nSPS) is 12.3. The lowest BCUT2D eigenvalue weighted by molar-refractivity contribution is -0.870. The second-order valence-electron chi connectivity index (χ2n) is 11.2. The molecule has 1 rings (SSSR count). The maximum Gasteiger partial charge on any atom is 0.424 e. The molecule has 1 atom stereocenters. The lowest BCUT2D eigenvalue weighted by Gasteiger charge is -2.35. The number of hydrogen-bond donors (Lipinski definition) is 0. The first-order valence-corrected chi connectivity index (χ1v) is 18.7. The van der Waals surface area contributed by atoms with Crippen molar-refractivity contribution in [2.24, 2.45) is 0 Å². The fourth-order valence-electron chi connectivity index (χ4n) is 5.89. The van der Waals surface area contributed by atoms with E-state index in [1.165, 1.54) is 64.2 Å². The number of aromatic nitrogens is 1. The van der Waals surface area contributed by atoms with E-state index in [9.17, 15) is 0 Å². The van der Waals surface area contributed by atoms with Gasteiger partial charge in [0, 0.05) is 6.61 Å². The number of rotatable bonds is 31. The molecule has 0 bridgehead atoms. The average Bonchev–Trinajstić information content (AvgIpc) is 3.04. The Morgan fingerprint density at radius 1 is 0.435 bits per heavy atom. The second kappa shape index (κ2) is 26.0. The molecule has 9 heteroatoms. The van der Waals surface area contributed by atoms with Crippen LogP contribution in [0.25, 0.3) is 0 Å². The smallest absolute Gasteiger partial charge is 0.424 e. The van der Waals surface area contributed by atoms with Crippen LogP contribution in [0.4, 0.5) is 0 Å². The molecule has 0 aliphatic heterocycles. The van der Waals surface area contributed by atoms with E-state index < -0.39 is 12.0 Å². The van der Waals surface area contributed by atoms with Crippen molar-refractivity contribution >= 4 is 0 Å². The molecule has 1 heterocycles. The highest BCUT2D eigenvalue weighted by Gasteiger charge is 2.59. The van der Waals surface area contributed by atoms with Crippen LogP contribution in [0.2, 0.25) is 0 Å². The zero-order valence-corrected chi connectivity index (χ0v) is 31.1. The van der Waals surface area contributed by atoms with Crippen LogP contribution < -0.4 is 28.3 Å². The molecular formula is C37H70NO8+. The van der Waals surface area contributed by atoms with Crippen LogP contribution in [0.1, 0.15) is 146 Å². The van der Waals surface area contributed by atoms with E-state index in [0.29, 0.717) is 81.9 Å². The fraction of sp³-hybridized carbons (Fsp3) is 0.865. The summed E-state index contributed by atoms with van der Waals surface area (Å²) in [6.45, 7) is 21.0. The number of nitrogens with zero attached hydrogens (tertiary/aromatic N) is 1. The summed E-state index contributed by atoms with van der Waals surface area (Å²) >= 11 is 0. The summed E-state index contributed by atoms with van der Waals surface area (Å²) in [5.41, 5.74) is 0. The van der Waals surface area contributed by atoms with Crippen molar-refractivity contribution in [2.75, 3.05) is 52.9 Å². The first-order valence-electron chi connectivity index (χ1n) is 18.7. The maximum absolute atomic E-state index is 6.67. The van der Waals surface area contributed by atoms with E-state index in [1.54, 1.807) is 0 Å². The third kappa shape index (κ3) is 12.9. The van der Waals surface area contributed by atoms with Gasteiger partial charge in [0.05, 0.1) is 46.2 Å². The largest absolute Gasteiger partial charge is 0.486 e. The highest BCUT2D eigenvalue weighted by atomic mass is 16.7. The van der Waals surface area contributed by atoms with Gasteiger partial charge in [0.2, 0.25) is 5.75 Å². The van der Waals surface area contributed by atoms with Crippen molar-refractivity contribution in [3.63, 3.8) is 0 Å². The average molecular weight is 657 g/mol. The van der Waals surface area contributed by atoms with Crippen LogP contribution >= 0.6 is 0 Å². The Bertz CT molecular complexity index is 854. The number of hydrogen-bond acceptors (Lipinski definition) is 8. The molecule has 1 unspecified atom stereocenters.